The summed E-state index contributed by atoms with van der Waals surface area (Å²) in [6.07, 6.45) is 3.68. The third-order valence-electron chi connectivity index (χ3n) is 3.32. The molecule has 0 bridgehead atoms. The lowest BCUT2D eigenvalue weighted by molar-refractivity contribution is -0.127. The smallest absolute Gasteiger partial charge is 0.233 e. The summed E-state index contributed by atoms with van der Waals surface area (Å²) in [6.45, 7) is 3.48. The van der Waals surface area contributed by atoms with Gasteiger partial charge in [0.05, 0.1) is 12.9 Å². The van der Waals surface area contributed by atoms with Gasteiger partial charge in [-0.3, -0.25) is 4.79 Å². The molecule has 0 N–H and O–H groups in total. The summed E-state index contributed by atoms with van der Waals surface area (Å²) in [5.74, 6) is 1.27. The summed E-state index contributed by atoms with van der Waals surface area (Å²) in [4.78, 5) is 18.2. The molecule has 118 valence electrons. The standard InChI is InChI=1S/C16H21N3O2S/c1-4-19-9-8-17-16(19)22-12-15(20)18(2)11-13-6-5-7-14(10-13)21-3/h5-10H,4,11-12H2,1-3H3. The van der Waals surface area contributed by atoms with Gasteiger partial charge in [-0.05, 0) is 24.6 Å². The summed E-state index contributed by atoms with van der Waals surface area (Å²) in [6, 6.07) is 7.76. The maximum absolute atomic E-state index is 12.2. The molecule has 0 radical (unpaired) electrons. The van der Waals surface area contributed by atoms with E-state index in [9.17, 15) is 4.79 Å². The Morgan fingerprint density at radius 2 is 2.27 bits per heavy atom. The maximum Gasteiger partial charge on any atom is 0.233 e. The van der Waals surface area contributed by atoms with Gasteiger partial charge in [-0.2, -0.15) is 0 Å². The number of imidazole rings is 1. The average molecular weight is 319 g/mol. The fourth-order valence-electron chi connectivity index (χ4n) is 2.05. The van der Waals surface area contributed by atoms with Crippen LogP contribution in [0.25, 0.3) is 0 Å². The van der Waals surface area contributed by atoms with Crippen molar-refractivity contribution in [1.29, 1.82) is 0 Å². The number of nitrogens with zero attached hydrogens (tertiary/aromatic N) is 3. The van der Waals surface area contributed by atoms with Crippen molar-refractivity contribution in [2.24, 2.45) is 0 Å². The van der Waals surface area contributed by atoms with Crippen LogP contribution in [0.4, 0.5) is 0 Å². The second kappa shape index (κ2) is 7.89. The Kier molecular flexibility index (Phi) is 5.89. The maximum atomic E-state index is 12.2. The Morgan fingerprint density at radius 3 is 3.00 bits per heavy atom. The average Bonchev–Trinajstić information content (AvgIpc) is 3.00. The summed E-state index contributed by atoms with van der Waals surface area (Å²) in [5.41, 5.74) is 1.05. The number of carbonyl (C=O) groups excluding carboxylic acids is 1. The number of hydrogen-bond donors (Lipinski definition) is 0. The van der Waals surface area contributed by atoms with Crippen LogP contribution in [-0.4, -0.2) is 40.3 Å². The number of ether oxygens (including phenoxy) is 1. The predicted molar refractivity (Wildman–Crippen MR) is 88.1 cm³/mol. The highest BCUT2D eigenvalue weighted by molar-refractivity contribution is 7.99. The van der Waals surface area contributed by atoms with E-state index < -0.39 is 0 Å². The van der Waals surface area contributed by atoms with E-state index in [1.165, 1.54) is 11.8 Å². The van der Waals surface area contributed by atoms with Crippen LogP contribution in [0.1, 0.15) is 12.5 Å². The van der Waals surface area contributed by atoms with Crippen LogP contribution in [0, 0.1) is 0 Å². The highest BCUT2D eigenvalue weighted by Gasteiger charge is 2.12. The Labute approximate surface area is 135 Å². The lowest BCUT2D eigenvalue weighted by atomic mass is 10.2. The van der Waals surface area contributed by atoms with E-state index in [0.29, 0.717) is 12.3 Å². The minimum Gasteiger partial charge on any atom is -0.497 e. The van der Waals surface area contributed by atoms with E-state index in [2.05, 4.69) is 11.9 Å². The van der Waals surface area contributed by atoms with Crippen LogP contribution in [-0.2, 0) is 17.9 Å². The molecule has 0 spiro atoms. The van der Waals surface area contributed by atoms with E-state index in [0.717, 1.165) is 23.0 Å². The molecule has 0 fully saturated rings. The molecule has 6 heteroatoms. The normalized spacial score (nSPS) is 10.5. The summed E-state index contributed by atoms with van der Waals surface area (Å²) < 4.78 is 7.23. The number of aromatic nitrogens is 2. The van der Waals surface area contributed by atoms with Crippen LogP contribution < -0.4 is 4.74 Å². The van der Waals surface area contributed by atoms with Crippen molar-refractivity contribution in [2.75, 3.05) is 19.9 Å². The van der Waals surface area contributed by atoms with Crippen molar-refractivity contribution in [3.05, 3.63) is 42.2 Å². The van der Waals surface area contributed by atoms with Gasteiger partial charge in [0, 0.05) is 32.5 Å². The molecule has 0 atom stereocenters. The highest BCUT2D eigenvalue weighted by Crippen LogP contribution is 2.17. The second-order valence-electron chi connectivity index (χ2n) is 4.89. The summed E-state index contributed by atoms with van der Waals surface area (Å²) in [5, 5.41) is 0.880. The minimum absolute atomic E-state index is 0.0819. The first-order valence-electron chi connectivity index (χ1n) is 7.15. The van der Waals surface area contributed by atoms with Gasteiger partial charge in [0.2, 0.25) is 5.91 Å². The minimum atomic E-state index is 0.0819. The van der Waals surface area contributed by atoms with Gasteiger partial charge in [-0.15, -0.1) is 0 Å². The Hall–Kier alpha value is -1.95. The molecule has 1 aromatic heterocycles. The Bertz CT molecular complexity index is 627. The van der Waals surface area contributed by atoms with Crippen LogP contribution in [0.3, 0.4) is 0 Å². The molecule has 1 aromatic carbocycles. The van der Waals surface area contributed by atoms with Crippen LogP contribution >= 0.6 is 11.8 Å². The molecule has 1 amide bonds. The fraction of sp³-hybridized carbons (Fsp3) is 0.375. The highest BCUT2D eigenvalue weighted by atomic mass is 32.2. The van der Waals surface area contributed by atoms with Crippen LogP contribution in [0.2, 0.25) is 0 Å². The van der Waals surface area contributed by atoms with Gasteiger partial charge in [0.25, 0.3) is 0 Å². The number of benzene rings is 1. The fourth-order valence-corrected chi connectivity index (χ4v) is 3.01. The monoisotopic (exact) mass is 319 g/mol. The first-order chi connectivity index (χ1) is 10.6. The third-order valence-corrected chi connectivity index (χ3v) is 4.31. The number of amides is 1. The molecular formula is C16H21N3O2S. The zero-order valence-electron chi connectivity index (χ0n) is 13.2. The SMILES string of the molecule is CCn1ccnc1SCC(=O)N(C)Cc1cccc(OC)c1. The second-order valence-corrected chi connectivity index (χ2v) is 5.83. The molecule has 0 unspecified atom stereocenters. The molecule has 0 saturated carbocycles. The van der Waals surface area contributed by atoms with Crippen molar-refractivity contribution >= 4 is 17.7 Å². The third kappa shape index (κ3) is 4.27. The van der Waals surface area contributed by atoms with Crippen LogP contribution in [0.5, 0.6) is 5.75 Å². The van der Waals surface area contributed by atoms with Gasteiger partial charge < -0.3 is 14.2 Å². The van der Waals surface area contributed by atoms with Crippen molar-refractivity contribution in [3.8, 4) is 5.75 Å². The van der Waals surface area contributed by atoms with E-state index in [-0.39, 0.29) is 5.91 Å². The van der Waals surface area contributed by atoms with E-state index in [1.54, 1.807) is 18.2 Å². The van der Waals surface area contributed by atoms with Crippen molar-refractivity contribution in [1.82, 2.24) is 14.5 Å². The number of aryl methyl sites for hydroxylation is 1. The Morgan fingerprint density at radius 1 is 1.45 bits per heavy atom. The lowest BCUT2D eigenvalue weighted by Gasteiger charge is -2.17. The van der Waals surface area contributed by atoms with Crippen LogP contribution in [0.15, 0.2) is 41.8 Å². The molecule has 5 nitrogen and oxygen atoms in total. The van der Waals surface area contributed by atoms with Gasteiger partial charge in [0.15, 0.2) is 5.16 Å². The predicted octanol–water partition coefficient (Wildman–Crippen LogP) is 2.66. The molecule has 2 rings (SSSR count). The number of methoxy groups -OCH3 is 1. The van der Waals surface area contributed by atoms with E-state index >= 15 is 0 Å². The molecule has 0 aliphatic rings. The number of carbonyl (C=O) groups is 1. The molecular weight excluding hydrogens is 298 g/mol. The van der Waals surface area contributed by atoms with Gasteiger partial charge in [-0.25, -0.2) is 4.98 Å². The van der Waals surface area contributed by atoms with E-state index in [1.807, 2.05) is 42.1 Å². The zero-order valence-corrected chi connectivity index (χ0v) is 14.0. The van der Waals surface area contributed by atoms with Gasteiger partial charge in [0.1, 0.15) is 5.75 Å². The molecule has 0 aliphatic carbocycles. The zero-order chi connectivity index (χ0) is 15.9. The van der Waals surface area contributed by atoms with Crippen molar-refractivity contribution < 1.29 is 9.53 Å². The first-order valence-corrected chi connectivity index (χ1v) is 8.13. The molecule has 2 aromatic rings. The van der Waals surface area contributed by atoms with Crippen molar-refractivity contribution in [3.63, 3.8) is 0 Å². The van der Waals surface area contributed by atoms with Gasteiger partial charge in [-0.1, -0.05) is 23.9 Å². The number of rotatable bonds is 7. The first kappa shape index (κ1) is 16.4. The van der Waals surface area contributed by atoms with Gasteiger partial charge >= 0.3 is 0 Å². The largest absolute Gasteiger partial charge is 0.497 e. The van der Waals surface area contributed by atoms with Crippen molar-refractivity contribution in [2.45, 2.75) is 25.2 Å². The lowest BCUT2D eigenvalue weighted by Crippen LogP contribution is -2.27. The summed E-state index contributed by atoms with van der Waals surface area (Å²) in [7, 11) is 3.45. The quantitative estimate of drug-likeness (QED) is 0.736. The molecule has 22 heavy (non-hydrogen) atoms. The molecule has 0 aliphatic heterocycles. The molecule has 1 heterocycles. The Balaban J connectivity index is 1.89. The molecule has 0 saturated heterocycles. The topological polar surface area (TPSA) is 47.4 Å². The number of thioether (sulfide) groups is 1. The summed E-state index contributed by atoms with van der Waals surface area (Å²) >= 11 is 1.47. The number of hydrogen-bond acceptors (Lipinski definition) is 4. The van der Waals surface area contributed by atoms with E-state index in [4.69, 9.17) is 4.74 Å².